The SMILES string of the molecule is CC1OC(OCC2OC(Oc3ccc(-c4cc(=O)c5c(O)cc(OC6OC(C)C(O)C(O)C6O)cc5o4)cc3)C(O)C(O)C2O)C(O)C(O)C1O. The minimum Gasteiger partial charge on any atom is -0.507 e. The van der Waals surface area contributed by atoms with E-state index in [-0.39, 0.29) is 28.2 Å². The molecule has 3 aliphatic rings. The van der Waals surface area contributed by atoms with Crippen molar-refractivity contribution in [3.05, 3.63) is 52.7 Å². The van der Waals surface area contributed by atoms with Crippen LogP contribution in [0.1, 0.15) is 13.8 Å². The number of aliphatic hydroxyl groups is 9. The number of hydrogen-bond acceptors (Lipinski definition) is 18. The van der Waals surface area contributed by atoms with Crippen LogP contribution in [-0.2, 0) is 18.9 Å². The van der Waals surface area contributed by atoms with E-state index in [0.717, 1.165) is 12.1 Å². The second-order valence-electron chi connectivity index (χ2n) is 12.8. The Morgan fingerprint density at radius 1 is 0.608 bits per heavy atom. The molecule has 3 fully saturated rings. The Morgan fingerprint density at radius 3 is 1.76 bits per heavy atom. The van der Waals surface area contributed by atoms with E-state index in [2.05, 4.69) is 0 Å². The number of aromatic hydroxyl groups is 1. The first-order valence-corrected chi connectivity index (χ1v) is 16.1. The Hall–Kier alpha value is -3.47. The van der Waals surface area contributed by atoms with E-state index in [1.807, 2.05) is 0 Å². The molecule has 0 radical (unpaired) electrons. The van der Waals surface area contributed by atoms with E-state index in [1.165, 1.54) is 44.2 Å². The normalized spacial score (nSPS) is 38.8. The zero-order valence-electron chi connectivity index (χ0n) is 27.1. The zero-order chi connectivity index (χ0) is 36.9. The molecule has 3 aromatic rings. The van der Waals surface area contributed by atoms with Crippen LogP contribution in [0.15, 0.2) is 51.7 Å². The lowest BCUT2D eigenvalue weighted by atomic mass is 9.98. The van der Waals surface area contributed by atoms with E-state index < -0.39 is 110 Å². The summed E-state index contributed by atoms with van der Waals surface area (Å²) in [6.45, 7) is 2.47. The van der Waals surface area contributed by atoms with Gasteiger partial charge in [0.05, 0.1) is 18.8 Å². The van der Waals surface area contributed by atoms with Crippen LogP contribution in [0.25, 0.3) is 22.3 Å². The highest BCUT2D eigenvalue weighted by molar-refractivity contribution is 5.86. The molecule has 0 aliphatic carbocycles. The molecule has 6 rings (SSSR count). The van der Waals surface area contributed by atoms with Crippen molar-refractivity contribution in [2.45, 2.75) is 106 Å². The van der Waals surface area contributed by atoms with Gasteiger partial charge in [0.15, 0.2) is 11.7 Å². The predicted octanol–water partition coefficient (Wildman–Crippen LogP) is -2.60. The smallest absolute Gasteiger partial charge is 0.229 e. The fraction of sp³-hybridized carbons (Fsp3) is 0.545. The number of phenolic OH excluding ortho intramolecular Hbond substituents is 1. The molecular formula is C33H40O18. The molecule has 2 aromatic carbocycles. The molecule has 0 amide bonds. The molecule has 4 heterocycles. The molecule has 0 saturated carbocycles. The van der Waals surface area contributed by atoms with Crippen LogP contribution in [0, 0.1) is 0 Å². The molecule has 15 atom stereocenters. The highest BCUT2D eigenvalue weighted by atomic mass is 16.7. The van der Waals surface area contributed by atoms with Crippen molar-refractivity contribution >= 4 is 11.0 Å². The van der Waals surface area contributed by atoms with Crippen molar-refractivity contribution in [3.8, 4) is 28.6 Å². The summed E-state index contributed by atoms with van der Waals surface area (Å²) in [6.07, 6.45) is -21.5. The quantitative estimate of drug-likeness (QED) is 0.114. The molecule has 0 bridgehead atoms. The number of hydrogen-bond donors (Lipinski definition) is 10. The van der Waals surface area contributed by atoms with Gasteiger partial charge < -0.3 is 83.9 Å². The summed E-state index contributed by atoms with van der Waals surface area (Å²) in [4.78, 5) is 13.0. The molecule has 0 spiro atoms. The van der Waals surface area contributed by atoms with Gasteiger partial charge >= 0.3 is 0 Å². The molecule has 18 nitrogen and oxygen atoms in total. The van der Waals surface area contributed by atoms with E-state index in [0.29, 0.717) is 5.56 Å². The third-order valence-electron chi connectivity index (χ3n) is 9.14. The first-order valence-electron chi connectivity index (χ1n) is 16.1. The third-order valence-corrected chi connectivity index (χ3v) is 9.14. The topological polar surface area (TPSA) is 288 Å². The second-order valence-corrected chi connectivity index (χ2v) is 12.8. The number of aliphatic hydroxyl groups excluding tert-OH is 9. The summed E-state index contributed by atoms with van der Waals surface area (Å²) in [5, 5.41) is 102. The lowest BCUT2D eigenvalue weighted by molar-refractivity contribution is -0.318. The van der Waals surface area contributed by atoms with Crippen molar-refractivity contribution < 1.29 is 83.9 Å². The van der Waals surface area contributed by atoms with Crippen LogP contribution >= 0.6 is 0 Å². The maximum atomic E-state index is 13.0. The lowest BCUT2D eigenvalue weighted by Gasteiger charge is -2.42. The first kappa shape index (κ1) is 37.3. The first-order chi connectivity index (χ1) is 24.1. The fourth-order valence-electron chi connectivity index (χ4n) is 6.02. The van der Waals surface area contributed by atoms with Gasteiger partial charge in [-0.25, -0.2) is 0 Å². The predicted molar refractivity (Wildman–Crippen MR) is 168 cm³/mol. The number of fused-ring (bicyclic) bond motifs is 1. The van der Waals surface area contributed by atoms with Gasteiger partial charge in [-0.2, -0.15) is 0 Å². The molecule has 18 heteroatoms. The Balaban J connectivity index is 1.15. The van der Waals surface area contributed by atoms with Crippen LogP contribution in [0.5, 0.6) is 17.2 Å². The van der Waals surface area contributed by atoms with Gasteiger partial charge in [-0.3, -0.25) is 4.79 Å². The Morgan fingerprint density at radius 2 is 1.14 bits per heavy atom. The largest absolute Gasteiger partial charge is 0.507 e. The van der Waals surface area contributed by atoms with Gasteiger partial charge in [0.2, 0.25) is 12.6 Å². The summed E-state index contributed by atoms with van der Waals surface area (Å²) in [5.41, 5.74) is -0.302. The van der Waals surface area contributed by atoms with Crippen LogP contribution in [0.4, 0.5) is 0 Å². The second kappa shape index (κ2) is 14.9. The number of ether oxygens (including phenoxy) is 6. The van der Waals surface area contributed by atoms with E-state index in [9.17, 15) is 55.9 Å². The van der Waals surface area contributed by atoms with Crippen molar-refractivity contribution in [1.82, 2.24) is 0 Å². The van der Waals surface area contributed by atoms with Crippen LogP contribution in [0.3, 0.4) is 0 Å². The van der Waals surface area contributed by atoms with Gasteiger partial charge in [0.25, 0.3) is 0 Å². The summed E-state index contributed by atoms with van der Waals surface area (Å²) >= 11 is 0. The Kier molecular flexibility index (Phi) is 10.9. The molecule has 1 aromatic heterocycles. The lowest BCUT2D eigenvalue weighted by Crippen LogP contribution is -2.61. The molecule has 15 unspecified atom stereocenters. The summed E-state index contributed by atoms with van der Waals surface area (Å²) in [7, 11) is 0. The van der Waals surface area contributed by atoms with Gasteiger partial charge in [0.1, 0.15) is 95.0 Å². The minimum absolute atomic E-state index is 0.0699. The van der Waals surface area contributed by atoms with Crippen LogP contribution < -0.4 is 14.9 Å². The van der Waals surface area contributed by atoms with E-state index in [1.54, 1.807) is 0 Å². The van der Waals surface area contributed by atoms with Gasteiger partial charge in [-0.1, -0.05) is 0 Å². The van der Waals surface area contributed by atoms with Crippen molar-refractivity contribution in [2.24, 2.45) is 0 Å². The van der Waals surface area contributed by atoms with Gasteiger partial charge in [-0.05, 0) is 38.1 Å². The molecule has 280 valence electrons. The molecule has 10 N–H and O–H groups in total. The summed E-state index contributed by atoms with van der Waals surface area (Å²) < 4.78 is 39.2. The average Bonchev–Trinajstić information content (AvgIpc) is 3.10. The number of phenols is 1. The zero-order valence-corrected chi connectivity index (χ0v) is 27.1. The summed E-state index contributed by atoms with van der Waals surface area (Å²) in [6, 6.07) is 9.44. The Labute approximate surface area is 288 Å². The third kappa shape index (κ3) is 7.42. The standard InChI is InChI=1S/C33H40O18/c1-11-22(36)25(39)28(42)31(46-11)45-10-20-24(38)27(41)30(44)33(51-20)48-14-5-3-13(4-6-14)18-9-17(35)21-16(34)7-15(8-19(21)50-18)49-32-29(43)26(40)23(37)12(2)47-32/h3-9,11-12,20,22-34,36-44H,10H2,1-2H3. The van der Waals surface area contributed by atoms with Gasteiger partial charge in [0, 0.05) is 23.8 Å². The molecule has 3 saturated heterocycles. The number of rotatable bonds is 8. The fourth-order valence-corrected chi connectivity index (χ4v) is 6.02. The van der Waals surface area contributed by atoms with E-state index >= 15 is 0 Å². The van der Waals surface area contributed by atoms with Crippen molar-refractivity contribution in [1.29, 1.82) is 0 Å². The van der Waals surface area contributed by atoms with Crippen molar-refractivity contribution in [2.75, 3.05) is 6.61 Å². The number of benzene rings is 2. The van der Waals surface area contributed by atoms with Crippen molar-refractivity contribution in [3.63, 3.8) is 0 Å². The van der Waals surface area contributed by atoms with Crippen LogP contribution in [0.2, 0.25) is 0 Å². The molecule has 3 aliphatic heterocycles. The minimum atomic E-state index is -1.73. The average molecular weight is 725 g/mol. The van der Waals surface area contributed by atoms with Gasteiger partial charge in [-0.15, -0.1) is 0 Å². The highest BCUT2D eigenvalue weighted by Gasteiger charge is 2.47. The summed E-state index contributed by atoms with van der Waals surface area (Å²) in [5.74, 6) is -0.354. The van der Waals surface area contributed by atoms with E-state index in [4.69, 9.17) is 32.8 Å². The molecule has 51 heavy (non-hydrogen) atoms. The maximum Gasteiger partial charge on any atom is 0.229 e. The Bertz CT molecular complexity index is 1720. The monoisotopic (exact) mass is 724 g/mol. The molecular weight excluding hydrogens is 684 g/mol. The van der Waals surface area contributed by atoms with Crippen LogP contribution in [-0.4, -0.2) is 150 Å². The maximum absolute atomic E-state index is 13.0. The highest BCUT2D eigenvalue weighted by Crippen LogP contribution is 2.34.